The van der Waals surface area contributed by atoms with E-state index in [1.54, 1.807) is 15.6 Å². The molecule has 1 N–H and O–H groups in total. The summed E-state index contributed by atoms with van der Waals surface area (Å²) < 4.78 is 30.9. The maximum absolute atomic E-state index is 15.1. The van der Waals surface area contributed by atoms with Crippen molar-refractivity contribution in [2.45, 2.75) is 33.5 Å². The van der Waals surface area contributed by atoms with Crippen molar-refractivity contribution in [3.8, 4) is 5.75 Å². The van der Waals surface area contributed by atoms with Gasteiger partial charge in [0.15, 0.2) is 0 Å². The van der Waals surface area contributed by atoms with Crippen molar-refractivity contribution in [3.63, 3.8) is 0 Å². The van der Waals surface area contributed by atoms with Crippen LogP contribution in [0.5, 0.6) is 5.75 Å². The zero-order chi connectivity index (χ0) is 23.6. The molecule has 10 heteroatoms. The van der Waals surface area contributed by atoms with Crippen molar-refractivity contribution >= 4 is 32.6 Å². The molecule has 6 nitrogen and oxygen atoms in total. The van der Waals surface area contributed by atoms with Gasteiger partial charge in [-0.3, -0.25) is 0 Å². The average Bonchev–Trinajstić information content (AvgIpc) is 3.01. The Kier molecular flexibility index (Phi) is 5.20. The molecule has 2 aromatic carbocycles. The van der Waals surface area contributed by atoms with Crippen LogP contribution in [0.25, 0.3) is 0 Å². The monoisotopic (exact) mass is 547 g/mol. The molecule has 0 spiro atoms. The number of hydrogen-bond donors (Lipinski definition) is 1. The fourth-order valence-corrected chi connectivity index (χ4v) is 8.27. The van der Waals surface area contributed by atoms with Gasteiger partial charge in [0.05, 0.1) is 0 Å². The molecule has 0 bridgehead atoms. The third-order valence-corrected chi connectivity index (χ3v) is 9.78. The van der Waals surface area contributed by atoms with E-state index in [9.17, 15) is 19.1 Å². The Labute approximate surface area is 204 Å². The van der Waals surface area contributed by atoms with Crippen LogP contribution in [0.3, 0.4) is 0 Å². The van der Waals surface area contributed by atoms with E-state index in [1.807, 2.05) is 29.3 Å². The number of thioether (sulfide) groups is 1. The Morgan fingerprint density at radius 2 is 1.88 bits per heavy atom. The first-order valence-electron chi connectivity index (χ1n) is 10.8. The topological polar surface area (TPSA) is 65.8 Å². The first-order chi connectivity index (χ1) is 16.5. The van der Waals surface area contributed by atoms with E-state index in [0.29, 0.717) is 12.1 Å². The molecule has 2 atom stereocenters. The van der Waals surface area contributed by atoms with E-state index in [2.05, 4.69) is 0 Å². The number of halogens is 2. The Morgan fingerprint density at radius 3 is 2.74 bits per heavy atom. The number of carbonyl (C=O) groups is 1. The summed E-state index contributed by atoms with van der Waals surface area (Å²) in [7, 11) is 0. The van der Waals surface area contributed by atoms with Gasteiger partial charge in [-0.05, 0) is 0 Å². The predicted octanol–water partition coefficient (Wildman–Crippen LogP) is 3.50. The summed E-state index contributed by atoms with van der Waals surface area (Å²) in [4.78, 5) is 28.3. The zero-order valence-electron chi connectivity index (χ0n) is 17.8. The standard InChI is InChI=1S/C24H19F2N3O3SSe/c25-16-6-5-13-15(20(16)26)11-33-18-4-2-1-3-14(18)21(13)29-19-12-34-10-9-27(19)24(32)22-23(31)17(30)7-8-28(22)29/h1-8,19,21,31H,9-12H2/t19-,21-/m1/s1. The summed E-state index contributed by atoms with van der Waals surface area (Å²) in [6.45, 7) is 0.510. The minimum atomic E-state index is -0.901. The number of carbonyl (C=O) groups excluding carboxylic acids is 1. The van der Waals surface area contributed by atoms with Crippen LogP contribution in [-0.2, 0) is 5.75 Å². The quantitative estimate of drug-likeness (QED) is 0.474. The normalized spacial score (nSPS) is 21.3. The van der Waals surface area contributed by atoms with Crippen molar-refractivity contribution < 1.29 is 18.7 Å². The molecule has 0 unspecified atom stereocenters. The van der Waals surface area contributed by atoms with Gasteiger partial charge >= 0.3 is 205 Å². The fourth-order valence-electron chi connectivity index (χ4n) is 4.98. The first-order valence-corrected chi connectivity index (χ1v) is 14.2. The number of amides is 1. The predicted molar refractivity (Wildman–Crippen MR) is 125 cm³/mol. The molecule has 3 aromatic rings. The van der Waals surface area contributed by atoms with Crippen LogP contribution in [-0.4, -0.2) is 48.3 Å². The minimum absolute atomic E-state index is 0.100. The summed E-state index contributed by atoms with van der Waals surface area (Å²) in [5.74, 6) is -2.51. The van der Waals surface area contributed by atoms with Crippen molar-refractivity contribution in [1.82, 2.24) is 9.58 Å². The molecular weight excluding hydrogens is 527 g/mol. The van der Waals surface area contributed by atoms with E-state index in [4.69, 9.17) is 0 Å². The van der Waals surface area contributed by atoms with Crippen molar-refractivity contribution in [2.75, 3.05) is 11.6 Å². The van der Waals surface area contributed by atoms with Crippen LogP contribution in [0, 0.1) is 11.6 Å². The first kappa shape index (κ1) is 21.7. The van der Waals surface area contributed by atoms with E-state index in [0.717, 1.165) is 27.2 Å². The number of hydrogen-bond acceptors (Lipinski definition) is 5. The molecule has 1 saturated heterocycles. The van der Waals surface area contributed by atoms with Gasteiger partial charge in [-0.15, -0.1) is 0 Å². The van der Waals surface area contributed by atoms with Crippen molar-refractivity contribution in [2.24, 2.45) is 0 Å². The summed E-state index contributed by atoms with van der Waals surface area (Å²) in [5.41, 5.74) is 1.05. The van der Waals surface area contributed by atoms with E-state index in [1.165, 1.54) is 24.0 Å². The molecule has 174 valence electrons. The Morgan fingerprint density at radius 1 is 1.06 bits per heavy atom. The maximum atomic E-state index is 15.1. The van der Waals surface area contributed by atoms with Gasteiger partial charge in [-0.2, -0.15) is 0 Å². The summed E-state index contributed by atoms with van der Waals surface area (Å²) in [5, 5.41) is 14.2. The molecule has 0 aliphatic carbocycles. The number of benzene rings is 2. The van der Waals surface area contributed by atoms with Crippen LogP contribution < -0.4 is 10.4 Å². The van der Waals surface area contributed by atoms with E-state index >= 15 is 4.39 Å². The van der Waals surface area contributed by atoms with Crippen LogP contribution in [0.1, 0.15) is 33.2 Å². The van der Waals surface area contributed by atoms with Gasteiger partial charge in [-0.25, -0.2) is 0 Å². The Balaban J connectivity index is 1.67. The molecule has 6 rings (SSSR count). The number of aromatic nitrogens is 1. The summed E-state index contributed by atoms with van der Waals surface area (Å²) in [6.07, 6.45) is 1.15. The van der Waals surface area contributed by atoms with Gasteiger partial charge in [0.1, 0.15) is 0 Å². The van der Waals surface area contributed by atoms with Crippen LogP contribution >= 0.6 is 11.8 Å². The second-order valence-electron chi connectivity index (χ2n) is 8.31. The zero-order valence-corrected chi connectivity index (χ0v) is 20.3. The second-order valence-corrected chi connectivity index (χ2v) is 11.7. The van der Waals surface area contributed by atoms with Gasteiger partial charge < -0.3 is 0 Å². The second kappa shape index (κ2) is 8.15. The molecule has 3 aliphatic rings. The van der Waals surface area contributed by atoms with Gasteiger partial charge in [-0.1, -0.05) is 0 Å². The molecule has 4 heterocycles. The molecule has 34 heavy (non-hydrogen) atoms. The number of rotatable bonds is 1. The summed E-state index contributed by atoms with van der Waals surface area (Å²) >= 11 is 1.73. The van der Waals surface area contributed by atoms with E-state index in [-0.39, 0.29) is 38.1 Å². The number of fused-ring (bicyclic) bond motifs is 4. The molecular formula is C24H19F2N3O3SSe. The molecule has 1 amide bonds. The van der Waals surface area contributed by atoms with Gasteiger partial charge in [0.25, 0.3) is 0 Å². The summed E-state index contributed by atoms with van der Waals surface area (Å²) in [6, 6.07) is 11.1. The van der Waals surface area contributed by atoms with E-state index < -0.39 is 34.8 Å². The third kappa shape index (κ3) is 3.12. The molecule has 0 radical (unpaired) electrons. The van der Waals surface area contributed by atoms with Crippen LogP contribution in [0.4, 0.5) is 8.78 Å². The molecule has 1 fully saturated rings. The fraction of sp³-hybridized carbons (Fsp3) is 0.250. The Bertz CT molecular complexity index is 1400. The number of pyridine rings is 1. The van der Waals surface area contributed by atoms with Gasteiger partial charge in [0, 0.05) is 0 Å². The van der Waals surface area contributed by atoms with Crippen LogP contribution in [0.15, 0.2) is 58.4 Å². The molecule has 3 aliphatic heterocycles. The van der Waals surface area contributed by atoms with Gasteiger partial charge in [0.2, 0.25) is 0 Å². The SMILES string of the molecule is O=C1c2c(O)c(=O)ccn2N([C@H]2c3ccccc3SCc3c2ccc(F)c3F)[C@@H]2C[Se]CCN12. The van der Waals surface area contributed by atoms with Crippen molar-refractivity contribution in [3.05, 3.63) is 92.9 Å². The molecule has 1 aromatic heterocycles. The van der Waals surface area contributed by atoms with Crippen molar-refractivity contribution in [1.29, 1.82) is 0 Å². The molecule has 0 saturated carbocycles. The van der Waals surface area contributed by atoms with Crippen LogP contribution in [0.2, 0.25) is 10.6 Å². The third-order valence-electron chi connectivity index (χ3n) is 6.55. The number of aromatic hydroxyl groups is 1. The number of nitrogens with zero attached hydrogens (tertiary/aromatic N) is 3. The average molecular weight is 546 g/mol. The Hall–Kier alpha value is -2.81.